The van der Waals surface area contributed by atoms with Crippen LogP contribution >= 0.6 is 0 Å². The fraction of sp³-hybridized carbons (Fsp3) is 0.471. The molecular weight excluding hydrogens is 300 g/mol. The topological polar surface area (TPSA) is 60.4 Å². The lowest BCUT2D eigenvalue weighted by atomic mass is 10.0. The van der Waals surface area contributed by atoms with Gasteiger partial charge >= 0.3 is 0 Å². The Kier molecular flexibility index (Phi) is 3.44. The molecule has 1 heterocycles. The first-order valence-corrected chi connectivity index (χ1v) is 9.03. The van der Waals surface area contributed by atoms with Crippen molar-refractivity contribution >= 4 is 15.6 Å². The molecule has 3 rings (SSSR count). The van der Waals surface area contributed by atoms with Gasteiger partial charge in [0.25, 0.3) is 0 Å². The van der Waals surface area contributed by atoms with E-state index in [2.05, 4.69) is 0 Å². The van der Waals surface area contributed by atoms with E-state index in [0.717, 1.165) is 12.8 Å². The highest BCUT2D eigenvalue weighted by molar-refractivity contribution is 7.93. The fourth-order valence-electron chi connectivity index (χ4n) is 3.29. The standard InChI is InChI=1S/C17H20O4S/c1-16(2)14(18)12-15(21-16)17(10-6-7-11-17)22(19,20)13-8-4-3-5-9-13/h3-5,8-9,12H,6-7,10-11H2,1-2H3. The molecule has 0 N–H and O–H groups in total. The van der Waals surface area contributed by atoms with Gasteiger partial charge in [-0.1, -0.05) is 31.0 Å². The van der Waals surface area contributed by atoms with Crippen LogP contribution in [-0.2, 0) is 19.4 Å². The Hall–Kier alpha value is -1.62. The fourth-order valence-corrected chi connectivity index (χ4v) is 5.45. The van der Waals surface area contributed by atoms with Crippen molar-refractivity contribution < 1.29 is 17.9 Å². The number of carbonyl (C=O) groups is 1. The summed E-state index contributed by atoms with van der Waals surface area (Å²) in [5, 5.41) is 0. The van der Waals surface area contributed by atoms with Gasteiger partial charge in [-0.25, -0.2) is 8.42 Å². The minimum Gasteiger partial charge on any atom is -0.482 e. The average Bonchev–Trinajstić information content (AvgIpc) is 3.07. The van der Waals surface area contributed by atoms with E-state index in [1.54, 1.807) is 44.2 Å². The maximum absolute atomic E-state index is 13.2. The predicted molar refractivity (Wildman–Crippen MR) is 83.1 cm³/mol. The van der Waals surface area contributed by atoms with E-state index in [1.165, 1.54) is 6.08 Å². The number of rotatable bonds is 3. The van der Waals surface area contributed by atoms with Crippen LogP contribution in [0.5, 0.6) is 0 Å². The lowest BCUT2D eigenvalue weighted by Crippen LogP contribution is -2.40. The van der Waals surface area contributed by atoms with Crippen LogP contribution in [0.1, 0.15) is 39.5 Å². The molecule has 1 aromatic rings. The summed E-state index contributed by atoms with van der Waals surface area (Å²) in [7, 11) is -3.60. The maximum atomic E-state index is 13.2. The molecule has 0 saturated heterocycles. The lowest BCUT2D eigenvalue weighted by Gasteiger charge is -2.31. The monoisotopic (exact) mass is 320 g/mol. The van der Waals surface area contributed by atoms with Crippen LogP contribution in [0.4, 0.5) is 0 Å². The Morgan fingerprint density at radius 1 is 1.05 bits per heavy atom. The minimum atomic E-state index is -3.60. The van der Waals surface area contributed by atoms with Crippen LogP contribution in [-0.4, -0.2) is 24.5 Å². The van der Waals surface area contributed by atoms with E-state index in [9.17, 15) is 13.2 Å². The van der Waals surface area contributed by atoms with Crippen molar-refractivity contribution in [2.75, 3.05) is 0 Å². The summed E-state index contributed by atoms with van der Waals surface area (Å²) in [4.78, 5) is 12.4. The number of sulfone groups is 1. The van der Waals surface area contributed by atoms with E-state index in [1.807, 2.05) is 0 Å². The van der Waals surface area contributed by atoms with Gasteiger partial charge < -0.3 is 4.74 Å². The molecule has 0 bridgehead atoms. The third-order valence-electron chi connectivity index (χ3n) is 4.65. The van der Waals surface area contributed by atoms with Crippen molar-refractivity contribution in [3.63, 3.8) is 0 Å². The largest absolute Gasteiger partial charge is 0.482 e. The summed E-state index contributed by atoms with van der Waals surface area (Å²) in [5.41, 5.74) is -0.975. The van der Waals surface area contributed by atoms with Gasteiger partial charge in [0, 0.05) is 6.08 Å². The zero-order valence-electron chi connectivity index (χ0n) is 12.8. The third-order valence-corrected chi connectivity index (χ3v) is 7.18. The normalized spacial score (nSPS) is 23.2. The van der Waals surface area contributed by atoms with Crippen molar-refractivity contribution in [1.82, 2.24) is 0 Å². The number of ether oxygens (including phenoxy) is 1. The van der Waals surface area contributed by atoms with Gasteiger partial charge in [-0.05, 0) is 38.8 Å². The van der Waals surface area contributed by atoms with Gasteiger partial charge in [-0.3, -0.25) is 4.79 Å². The Bertz CT molecular complexity index is 723. The Labute approximate surface area is 131 Å². The molecule has 0 radical (unpaired) electrons. The van der Waals surface area contributed by atoms with Crippen LogP contribution in [0.3, 0.4) is 0 Å². The molecular formula is C17H20O4S. The number of benzene rings is 1. The van der Waals surface area contributed by atoms with Gasteiger partial charge in [0.05, 0.1) is 4.90 Å². The molecule has 0 amide bonds. The van der Waals surface area contributed by atoms with Crippen molar-refractivity contribution in [3.05, 3.63) is 42.2 Å². The number of ketones is 1. The van der Waals surface area contributed by atoms with Crippen LogP contribution in [0, 0.1) is 0 Å². The van der Waals surface area contributed by atoms with Crippen LogP contribution in [0.2, 0.25) is 0 Å². The molecule has 1 fully saturated rings. The molecule has 2 aliphatic rings. The molecule has 0 spiro atoms. The quantitative estimate of drug-likeness (QED) is 0.859. The van der Waals surface area contributed by atoms with Gasteiger partial charge in [-0.2, -0.15) is 0 Å². The number of hydrogen-bond donors (Lipinski definition) is 0. The molecule has 22 heavy (non-hydrogen) atoms. The molecule has 1 aliphatic heterocycles. The maximum Gasteiger partial charge on any atom is 0.201 e. The van der Waals surface area contributed by atoms with Crippen molar-refractivity contribution in [2.45, 2.75) is 54.8 Å². The molecule has 1 saturated carbocycles. The highest BCUT2D eigenvalue weighted by Crippen LogP contribution is 2.48. The Balaban J connectivity index is 2.12. The molecule has 0 aromatic heterocycles. The van der Waals surface area contributed by atoms with E-state index in [4.69, 9.17) is 4.74 Å². The summed E-state index contributed by atoms with van der Waals surface area (Å²) < 4.78 is 31.1. The zero-order chi connectivity index (χ0) is 16.0. The molecule has 0 atom stereocenters. The van der Waals surface area contributed by atoms with Crippen LogP contribution in [0.25, 0.3) is 0 Å². The van der Waals surface area contributed by atoms with E-state index < -0.39 is 20.2 Å². The Morgan fingerprint density at radius 3 is 2.14 bits per heavy atom. The van der Waals surface area contributed by atoms with Gasteiger partial charge in [0.2, 0.25) is 5.78 Å². The first-order chi connectivity index (χ1) is 10.3. The van der Waals surface area contributed by atoms with Gasteiger partial charge in [0.15, 0.2) is 15.4 Å². The summed E-state index contributed by atoms with van der Waals surface area (Å²) in [6.45, 7) is 3.35. The summed E-state index contributed by atoms with van der Waals surface area (Å²) >= 11 is 0. The highest BCUT2D eigenvalue weighted by atomic mass is 32.2. The van der Waals surface area contributed by atoms with E-state index in [-0.39, 0.29) is 5.78 Å². The molecule has 0 unspecified atom stereocenters. The predicted octanol–water partition coefficient (Wildman–Crippen LogP) is 3.03. The molecule has 4 nitrogen and oxygen atoms in total. The second kappa shape index (κ2) is 4.95. The molecule has 1 aliphatic carbocycles. The number of carbonyl (C=O) groups excluding carboxylic acids is 1. The summed E-state index contributed by atoms with van der Waals surface area (Å²) in [6, 6.07) is 8.44. The SMILES string of the molecule is CC1(C)OC(C2(S(=O)(=O)c3ccccc3)CCCC2)=CC1=O. The summed E-state index contributed by atoms with van der Waals surface area (Å²) in [5.74, 6) is 0.154. The second-order valence-corrected chi connectivity index (χ2v) is 8.76. The van der Waals surface area contributed by atoms with Crippen molar-refractivity contribution in [1.29, 1.82) is 0 Å². The summed E-state index contributed by atoms with van der Waals surface area (Å²) in [6.07, 6.45) is 4.04. The van der Waals surface area contributed by atoms with Crippen molar-refractivity contribution in [2.24, 2.45) is 0 Å². The third kappa shape index (κ3) is 2.10. The van der Waals surface area contributed by atoms with Crippen LogP contribution in [0.15, 0.2) is 47.1 Å². The van der Waals surface area contributed by atoms with Crippen molar-refractivity contribution in [3.8, 4) is 0 Å². The average molecular weight is 320 g/mol. The minimum absolute atomic E-state index is 0.169. The Morgan fingerprint density at radius 2 is 1.64 bits per heavy atom. The van der Waals surface area contributed by atoms with Gasteiger partial charge in [0.1, 0.15) is 10.5 Å². The first-order valence-electron chi connectivity index (χ1n) is 7.55. The molecule has 1 aromatic carbocycles. The van der Waals surface area contributed by atoms with Gasteiger partial charge in [-0.15, -0.1) is 0 Å². The highest BCUT2D eigenvalue weighted by Gasteiger charge is 2.55. The molecule has 118 valence electrons. The second-order valence-electron chi connectivity index (χ2n) is 6.50. The van der Waals surface area contributed by atoms with E-state index in [0.29, 0.717) is 23.5 Å². The van der Waals surface area contributed by atoms with Crippen LogP contribution < -0.4 is 0 Å². The van der Waals surface area contributed by atoms with E-state index >= 15 is 0 Å². The lowest BCUT2D eigenvalue weighted by molar-refractivity contribution is -0.127. The zero-order valence-corrected chi connectivity index (χ0v) is 13.7. The number of hydrogen-bond acceptors (Lipinski definition) is 4. The first kappa shape index (κ1) is 15.3. The molecule has 5 heteroatoms. The smallest absolute Gasteiger partial charge is 0.201 e.